The van der Waals surface area contributed by atoms with Gasteiger partial charge in [0.25, 0.3) is 5.91 Å². The first-order valence-electron chi connectivity index (χ1n) is 13.2. The highest BCUT2D eigenvalue weighted by Crippen LogP contribution is 2.49. The third-order valence-corrected chi connectivity index (χ3v) is 7.36. The number of hydrogen-bond donors (Lipinski definition) is 2. The lowest BCUT2D eigenvalue weighted by atomic mass is 9.89. The monoisotopic (exact) mass is 566 g/mol. The third kappa shape index (κ3) is 5.06. The van der Waals surface area contributed by atoms with E-state index in [1.165, 1.54) is 30.3 Å². The molecule has 1 amide bonds. The van der Waals surface area contributed by atoms with E-state index in [1.54, 1.807) is 31.3 Å². The van der Waals surface area contributed by atoms with Crippen LogP contribution in [0.5, 0.6) is 11.5 Å². The van der Waals surface area contributed by atoms with E-state index in [1.807, 2.05) is 6.07 Å². The second kappa shape index (κ2) is 9.99. The van der Waals surface area contributed by atoms with E-state index >= 15 is 0 Å². The molecule has 11 heteroatoms. The number of halogens is 4. The van der Waals surface area contributed by atoms with Crippen LogP contribution in [0.15, 0.2) is 60.8 Å². The van der Waals surface area contributed by atoms with E-state index in [2.05, 4.69) is 15.3 Å². The highest BCUT2D eigenvalue weighted by atomic mass is 19.4. The number of rotatable bonds is 7. The molecular weight excluding hydrogens is 540 g/mol. The molecule has 0 spiro atoms. The fraction of sp³-hybridized carbons (Fsp3) is 0.300. The molecule has 2 aliphatic rings. The number of amides is 1. The molecule has 0 saturated heterocycles. The van der Waals surface area contributed by atoms with Gasteiger partial charge in [0.05, 0.1) is 6.10 Å². The number of fused-ring (bicyclic) bond motifs is 2. The van der Waals surface area contributed by atoms with Crippen molar-refractivity contribution in [3.8, 4) is 22.8 Å². The van der Waals surface area contributed by atoms with Crippen LogP contribution in [-0.4, -0.2) is 41.3 Å². The fourth-order valence-corrected chi connectivity index (χ4v) is 4.78. The average molecular weight is 567 g/mol. The molecule has 41 heavy (non-hydrogen) atoms. The standard InChI is InChI=1S/C30H26F4N4O3/c1-16(14-37-28(39)19-11-18-3-2-10-36-25(18)24(12-19)41-21-8-9-21)23-13-22-27(40-15-29(22,35)30(32,33)34)26(38-23)17-4-6-20(31)7-5-17/h2-7,10-13,16,21H,8-9,14-15,35H2,1H3,(H,37,39)/t16-,29+/m1/s1. The summed E-state index contributed by atoms with van der Waals surface area (Å²) < 4.78 is 67.2. The second-order valence-electron chi connectivity index (χ2n) is 10.5. The van der Waals surface area contributed by atoms with Crippen molar-refractivity contribution >= 4 is 16.8 Å². The molecule has 0 unspecified atom stereocenters. The number of nitrogens with zero attached hydrogens (tertiary/aromatic N) is 2. The maximum absolute atomic E-state index is 14.1. The van der Waals surface area contributed by atoms with E-state index in [-0.39, 0.29) is 41.3 Å². The Kier molecular flexibility index (Phi) is 6.56. The highest BCUT2D eigenvalue weighted by molar-refractivity contribution is 5.99. The second-order valence-corrected chi connectivity index (χ2v) is 10.5. The molecule has 3 heterocycles. The zero-order valence-electron chi connectivity index (χ0n) is 22.0. The van der Waals surface area contributed by atoms with Crippen molar-refractivity contribution < 1.29 is 31.8 Å². The fourth-order valence-electron chi connectivity index (χ4n) is 4.78. The summed E-state index contributed by atoms with van der Waals surface area (Å²) >= 11 is 0. The van der Waals surface area contributed by atoms with Crippen LogP contribution in [0.4, 0.5) is 17.6 Å². The van der Waals surface area contributed by atoms with Crippen LogP contribution in [0.3, 0.4) is 0 Å². The number of pyridine rings is 2. The number of nitrogens with two attached hydrogens (primary N) is 1. The van der Waals surface area contributed by atoms with Gasteiger partial charge in [-0.1, -0.05) is 13.0 Å². The molecule has 1 aliphatic heterocycles. The summed E-state index contributed by atoms with van der Waals surface area (Å²) in [7, 11) is 0. The molecule has 2 aromatic carbocycles. The SMILES string of the molecule is C[C@H](CNC(=O)c1cc(OC2CC2)c2ncccc2c1)c1cc2c(c(-c3ccc(F)cc3)n1)OC[C@@]2(N)C(F)(F)F. The van der Waals surface area contributed by atoms with Crippen molar-refractivity contribution in [1.82, 2.24) is 15.3 Å². The van der Waals surface area contributed by atoms with Gasteiger partial charge >= 0.3 is 6.18 Å². The van der Waals surface area contributed by atoms with Crippen molar-refractivity contribution in [2.75, 3.05) is 13.2 Å². The van der Waals surface area contributed by atoms with Crippen LogP contribution in [0.25, 0.3) is 22.2 Å². The Labute approximate surface area is 232 Å². The van der Waals surface area contributed by atoms with Crippen molar-refractivity contribution in [2.45, 2.75) is 43.5 Å². The summed E-state index contributed by atoms with van der Waals surface area (Å²) in [5.74, 6) is -0.957. The average Bonchev–Trinajstić information content (AvgIpc) is 3.70. The topological polar surface area (TPSA) is 99.4 Å². The minimum Gasteiger partial charge on any atom is -0.488 e. The molecule has 6 rings (SSSR count). The van der Waals surface area contributed by atoms with Crippen LogP contribution in [0.1, 0.15) is 47.3 Å². The molecule has 4 aromatic rings. The predicted molar refractivity (Wildman–Crippen MR) is 143 cm³/mol. The molecule has 1 aliphatic carbocycles. The first-order valence-corrected chi connectivity index (χ1v) is 13.2. The Hall–Kier alpha value is -4.25. The van der Waals surface area contributed by atoms with Gasteiger partial charge in [0.1, 0.15) is 29.4 Å². The molecule has 1 saturated carbocycles. The molecule has 2 aromatic heterocycles. The van der Waals surface area contributed by atoms with Crippen molar-refractivity contribution in [2.24, 2.45) is 5.73 Å². The maximum atomic E-state index is 14.1. The third-order valence-electron chi connectivity index (χ3n) is 7.36. The Balaban J connectivity index is 1.30. The first kappa shape index (κ1) is 26.9. The number of benzene rings is 2. The highest BCUT2D eigenvalue weighted by Gasteiger charge is 2.59. The van der Waals surface area contributed by atoms with Gasteiger partial charge < -0.3 is 20.5 Å². The van der Waals surface area contributed by atoms with Gasteiger partial charge in [-0.3, -0.25) is 9.78 Å². The minimum absolute atomic E-state index is 0.0712. The molecule has 2 atom stereocenters. The molecule has 7 nitrogen and oxygen atoms in total. The van der Waals surface area contributed by atoms with Gasteiger partial charge in [-0.25, -0.2) is 9.37 Å². The summed E-state index contributed by atoms with van der Waals surface area (Å²) in [5.41, 5.74) is 4.67. The summed E-state index contributed by atoms with van der Waals surface area (Å²) in [6, 6.07) is 13.5. The van der Waals surface area contributed by atoms with Gasteiger partial charge in [0.2, 0.25) is 0 Å². The van der Waals surface area contributed by atoms with Crippen LogP contribution in [0.2, 0.25) is 0 Å². The van der Waals surface area contributed by atoms with Crippen LogP contribution < -0.4 is 20.5 Å². The van der Waals surface area contributed by atoms with Crippen LogP contribution in [-0.2, 0) is 5.54 Å². The number of ether oxygens (including phenoxy) is 2. The molecule has 1 fully saturated rings. The van der Waals surface area contributed by atoms with E-state index < -0.39 is 30.1 Å². The number of alkyl halides is 3. The van der Waals surface area contributed by atoms with Crippen molar-refractivity contribution in [3.05, 3.63) is 83.4 Å². The summed E-state index contributed by atoms with van der Waals surface area (Å²) in [5, 5.41) is 3.60. The Morgan fingerprint density at radius 1 is 1.20 bits per heavy atom. The molecule has 212 valence electrons. The predicted octanol–water partition coefficient (Wildman–Crippen LogP) is 5.62. The zero-order chi connectivity index (χ0) is 28.9. The number of carbonyl (C=O) groups excluding carboxylic acids is 1. The molecule has 3 N–H and O–H groups in total. The lowest BCUT2D eigenvalue weighted by molar-refractivity contribution is -0.191. The number of carbonyl (C=O) groups is 1. The Bertz CT molecular complexity index is 1640. The van der Waals surface area contributed by atoms with Crippen molar-refractivity contribution in [1.29, 1.82) is 0 Å². The molecule has 0 bridgehead atoms. The van der Waals surface area contributed by atoms with Crippen LogP contribution in [0, 0.1) is 5.82 Å². The van der Waals surface area contributed by atoms with E-state index in [4.69, 9.17) is 15.2 Å². The number of aromatic nitrogens is 2. The van der Waals surface area contributed by atoms with Crippen LogP contribution >= 0.6 is 0 Å². The lowest BCUT2D eigenvalue weighted by Gasteiger charge is -2.26. The van der Waals surface area contributed by atoms with E-state index in [9.17, 15) is 22.4 Å². The molecular formula is C30H26F4N4O3. The van der Waals surface area contributed by atoms with Gasteiger partial charge in [-0.15, -0.1) is 0 Å². The van der Waals surface area contributed by atoms with E-state index in [0.717, 1.165) is 18.2 Å². The van der Waals surface area contributed by atoms with Gasteiger partial charge in [-0.2, -0.15) is 13.2 Å². The van der Waals surface area contributed by atoms with Gasteiger partial charge in [0, 0.05) is 46.4 Å². The smallest absolute Gasteiger partial charge is 0.414 e. The summed E-state index contributed by atoms with van der Waals surface area (Å²) in [6.07, 6.45) is -1.14. The number of hydrogen-bond acceptors (Lipinski definition) is 6. The van der Waals surface area contributed by atoms with Gasteiger partial charge in [-0.05, 0) is 61.4 Å². The first-order chi connectivity index (χ1) is 19.5. The number of nitrogens with one attached hydrogen (secondary N) is 1. The normalized spacial score (nSPS) is 19.0. The Morgan fingerprint density at radius 2 is 1.95 bits per heavy atom. The lowest BCUT2D eigenvalue weighted by Crippen LogP contribution is -2.51. The van der Waals surface area contributed by atoms with Crippen molar-refractivity contribution in [3.63, 3.8) is 0 Å². The molecule has 0 radical (unpaired) electrons. The minimum atomic E-state index is -4.79. The largest absolute Gasteiger partial charge is 0.488 e. The van der Waals surface area contributed by atoms with E-state index in [0.29, 0.717) is 22.4 Å². The van der Waals surface area contributed by atoms with Gasteiger partial charge in [0.15, 0.2) is 11.3 Å². The summed E-state index contributed by atoms with van der Waals surface area (Å²) in [4.78, 5) is 22.2. The summed E-state index contributed by atoms with van der Waals surface area (Å²) in [6.45, 7) is 0.997. The quantitative estimate of drug-likeness (QED) is 0.282. The Morgan fingerprint density at radius 3 is 2.66 bits per heavy atom. The zero-order valence-corrected chi connectivity index (χ0v) is 22.0. The maximum Gasteiger partial charge on any atom is 0.414 e.